The minimum absolute atomic E-state index is 0.175. The molecule has 10 heteroatoms. The van der Waals surface area contributed by atoms with E-state index >= 15 is 0 Å². The van der Waals surface area contributed by atoms with Gasteiger partial charge in [-0.25, -0.2) is 15.2 Å². The van der Waals surface area contributed by atoms with Gasteiger partial charge in [-0.1, -0.05) is 11.8 Å². The molecule has 2 amide bonds. The Balaban J connectivity index is 1.74. The van der Waals surface area contributed by atoms with Crippen molar-refractivity contribution in [1.82, 2.24) is 15.8 Å². The number of benzene rings is 1. The van der Waals surface area contributed by atoms with E-state index in [9.17, 15) is 14.7 Å². The largest absolute Gasteiger partial charge is 0.508 e. The second kappa shape index (κ2) is 7.25. The first-order valence-corrected chi connectivity index (χ1v) is 10.2. The molecule has 150 valence electrons. The van der Waals surface area contributed by atoms with Gasteiger partial charge in [0.25, 0.3) is 5.91 Å². The maximum atomic E-state index is 12.6. The molecule has 1 unspecified atom stereocenters. The molecule has 0 bridgehead atoms. The Morgan fingerprint density at radius 2 is 1.96 bits per heavy atom. The van der Waals surface area contributed by atoms with Crippen molar-refractivity contribution in [2.75, 3.05) is 0 Å². The van der Waals surface area contributed by atoms with E-state index in [0.29, 0.717) is 10.1 Å². The SMILES string of the molecule is CC(C)(C)OC(=O)NNC(=O)C1N=C(c2nc3ccc(O)cc3s2)SC1(C)C. The highest BCUT2D eigenvalue weighted by Crippen LogP contribution is 2.41. The number of thioether (sulfide) groups is 1. The number of aromatic hydroxyl groups is 1. The predicted octanol–water partition coefficient (Wildman–Crippen LogP) is 3.20. The standard InChI is InChI=1S/C18H22N4O4S2/c1-17(2,3)26-16(25)22-21-13(24)12-18(4,5)28-15(20-12)14-19-10-7-6-9(23)8-11(10)27-14/h6-8,12,23H,1-5H3,(H,21,24)(H,22,25). The van der Waals surface area contributed by atoms with Crippen LogP contribution in [0.4, 0.5) is 4.79 Å². The Labute approximate surface area is 170 Å². The van der Waals surface area contributed by atoms with E-state index in [4.69, 9.17) is 4.74 Å². The topological polar surface area (TPSA) is 113 Å². The third kappa shape index (κ3) is 4.56. The number of hydrazine groups is 1. The number of aromatic nitrogens is 1. The zero-order chi connectivity index (χ0) is 20.7. The molecular formula is C18H22N4O4S2. The van der Waals surface area contributed by atoms with Crippen LogP contribution in [0.15, 0.2) is 23.2 Å². The summed E-state index contributed by atoms with van der Waals surface area (Å²) in [5.74, 6) is -0.258. The van der Waals surface area contributed by atoms with E-state index in [2.05, 4.69) is 20.8 Å². The van der Waals surface area contributed by atoms with Crippen molar-refractivity contribution in [1.29, 1.82) is 0 Å². The fourth-order valence-electron chi connectivity index (χ4n) is 2.57. The summed E-state index contributed by atoms with van der Waals surface area (Å²) in [5.41, 5.74) is 4.73. The molecule has 2 heterocycles. The van der Waals surface area contributed by atoms with Gasteiger partial charge >= 0.3 is 6.09 Å². The minimum atomic E-state index is -0.737. The van der Waals surface area contributed by atoms with Gasteiger partial charge in [-0.2, -0.15) is 0 Å². The smallest absolute Gasteiger partial charge is 0.426 e. The van der Waals surface area contributed by atoms with Gasteiger partial charge in [0, 0.05) is 4.75 Å². The number of hydrogen-bond acceptors (Lipinski definition) is 8. The molecule has 1 atom stereocenters. The average molecular weight is 423 g/mol. The van der Waals surface area contributed by atoms with Crippen LogP contribution in [-0.4, -0.2) is 43.5 Å². The number of amides is 2. The van der Waals surface area contributed by atoms with Crippen LogP contribution in [0.2, 0.25) is 0 Å². The van der Waals surface area contributed by atoms with E-state index < -0.39 is 28.4 Å². The lowest BCUT2D eigenvalue weighted by Crippen LogP contribution is -2.51. The molecule has 8 nitrogen and oxygen atoms in total. The number of aliphatic imine (C=N–C) groups is 1. The summed E-state index contributed by atoms with van der Waals surface area (Å²) in [4.78, 5) is 33.4. The Morgan fingerprint density at radius 3 is 2.64 bits per heavy atom. The van der Waals surface area contributed by atoms with Gasteiger partial charge in [-0.05, 0) is 52.8 Å². The van der Waals surface area contributed by atoms with Crippen LogP contribution < -0.4 is 10.9 Å². The van der Waals surface area contributed by atoms with Crippen molar-refractivity contribution in [2.24, 2.45) is 4.99 Å². The maximum Gasteiger partial charge on any atom is 0.426 e. The Bertz CT molecular complexity index is 962. The molecular weight excluding hydrogens is 400 g/mol. The Kier molecular flexibility index (Phi) is 5.28. The molecule has 28 heavy (non-hydrogen) atoms. The number of carbonyl (C=O) groups is 2. The molecule has 1 aromatic carbocycles. The number of thiazole rings is 1. The van der Waals surface area contributed by atoms with Crippen LogP contribution in [0.3, 0.4) is 0 Å². The summed E-state index contributed by atoms with van der Waals surface area (Å²) >= 11 is 2.86. The number of rotatable bonds is 2. The number of phenolic OH excluding ortho intramolecular Hbond substituents is 1. The van der Waals surface area contributed by atoms with E-state index in [1.807, 2.05) is 13.8 Å². The summed E-state index contributed by atoms with van der Waals surface area (Å²) in [6, 6.07) is 4.27. The molecule has 0 saturated heterocycles. The fourth-order valence-corrected chi connectivity index (χ4v) is 4.77. The van der Waals surface area contributed by atoms with Crippen LogP contribution in [0.5, 0.6) is 5.75 Å². The van der Waals surface area contributed by atoms with Crippen LogP contribution in [0, 0.1) is 0 Å². The van der Waals surface area contributed by atoms with Gasteiger partial charge in [0.2, 0.25) is 0 Å². The Morgan fingerprint density at radius 1 is 1.25 bits per heavy atom. The van der Waals surface area contributed by atoms with Crippen molar-refractivity contribution in [3.05, 3.63) is 23.2 Å². The van der Waals surface area contributed by atoms with Gasteiger partial charge in [0.05, 0.1) is 10.2 Å². The van der Waals surface area contributed by atoms with Crippen molar-refractivity contribution in [3.63, 3.8) is 0 Å². The number of fused-ring (bicyclic) bond motifs is 1. The first-order valence-electron chi connectivity index (χ1n) is 8.60. The minimum Gasteiger partial charge on any atom is -0.508 e. The van der Waals surface area contributed by atoms with E-state index in [1.54, 1.807) is 39.0 Å². The van der Waals surface area contributed by atoms with Gasteiger partial charge in [-0.15, -0.1) is 11.3 Å². The second-order valence-electron chi connectivity index (χ2n) is 7.83. The molecule has 0 radical (unpaired) electrons. The summed E-state index contributed by atoms with van der Waals surface area (Å²) < 4.78 is 5.43. The third-order valence-electron chi connectivity index (χ3n) is 3.75. The number of phenols is 1. The molecule has 0 fully saturated rings. The zero-order valence-electron chi connectivity index (χ0n) is 16.2. The van der Waals surface area contributed by atoms with Crippen molar-refractivity contribution in [2.45, 2.75) is 51.0 Å². The summed E-state index contributed by atoms with van der Waals surface area (Å²) in [7, 11) is 0. The molecule has 1 aliphatic heterocycles. The summed E-state index contributed by atoms with van der Waals surface area (Å²) in [6.07, 6.45) is -0.737. The van der Waals surface area contributed by atoms with Crippen LogP contribution in [-0.2, 0) is 9.53 Å². The first-order chi connectivity index (χ1) is 12.9. The molecule has 0 spiro atoms. The highest BCUT2D eigenvalue weighted by molar-refractivity contribution is 8.16. The lowest BCUT2D eigenvalue weighted by atomic mass is 10.0. The van der Waals surface area contributed by atoms with Crippen molar-refractivity contribution in [3.8, 4) is 5.75 Å². The molecule has 3 rings (SSSR count). The number of ether oxygens (including phenoxy) is 1. The van der Waals surface area contributed by atoms with Crippen LogP contribution >= 0.6 is 23.1 Å². The summed E-state index contributed by atoms with van der Waals surface area (Å²) in [5, 5.41) is 11.0. The third-order valence-corrected chi connectivity index (χ3v) is 6.15. The van der Waals surface area contributed by atoms with Gasteiger partial charge in [0.1, 0.15) is 27.4 Å². The number of hydrogen-bond donors (Lipinski definition) is 3. The predicted molar refractivity (Wildman–Crippen MR) is 111 cm³/mol. The lowest BCUT2D eigenvalue weighted by molar-refractivity contribution is -0.123. The normalized spacial score (nSPS) is 18.6. The van der Waals surface area contributed by atoms with Gasteiger partial charge in [-0.3, -0.25) is 15.2 Å². The maximum absolute atomic E-state index is 12.6. The second-order valence-corrected chi connectivity index (χ2v) is 10.5. The molecule has 3 N–H and O–H groups in total. The Hall–Kier alpha value is -2.33. The number of carbonyl (C=O) groups excluding carboxylic acids is 2. The molecule has 0 aliphatic carbocycles. The molecule has 1 aromatic heterocycles. The van der Waals surface area contributed by atoms with Crippen molar-refractivity contribution >= 4 is 50.4 Å². The summed E-state index contributed by atoms with van der Waals surface area (Å²) in [6.45, 7) is 9.02. The zero-order valence-corrected chi connectivity index (χ0v) is 17.8. The number of nitrogens with zero attached hydrogens (tertiary/aromatic N) is 2. The quantitative estimate of drug-likeness (QED) is 0.641. The molecule has 0 saturated carbocycles. The highest BCUT2D eigenvalue weighted by atomic mass is 32.2. The van der Waals surface area contributed by atoms with Gasteiger partial charge < -0.3 is 9.84 Å². The van der Waals surface area contributed by atoms with E-state index in [1.165, 1.54) is 23.1 Å². The van der Waals surface area contributed by atoms with Crippen LogP contribution in [0.1, 0.15) is 39.6 Å². The highest BCUT2D eigenvalue weighted by Gasteiger charge is 2.43. The average Bonchev–Trinajstić information content (AvgIpc) is 3.10. The number of nitrogens with one attached hydrogen (secondary N) is 2. The fraction of sp³-hybridized carbons (Fsp3) is 0.444. The molecule has 2 aromatic rings. The first kappa shape index (κ1) is 20.4. The van der Waals surface area contributed by atoms with Gasteiger partial charge in [0.15, 0.2) is 0 Å². The monoisotopic (exact) mass is 422 g/mol. The van der Waals surface area contributed by atoms with E-state index in [-0.39, 0.29) is 5.75 Å². The lowest BCUT2D eigenvalue weighted by Gasteiger charge is -2.24. The van der Waals surface area contributed by atoms with E-state index in [0.717, 1.165) is 10.2 Å². The van der Waals surface area contributed by atoms with Crippen LogP contribution in [0.25, 0.3) is 10.2 Å². The molecule has 1 aliphatic rings. The van der Waals surface area contributed by atoms with Crippen molar-refractivity contribution < 1.29 is 19.4 Å².